The Kier molecular flexibility index (Phi) is 6.88. The van der Waals surface area contributed by atoms with E-state index in [1.54, 1.807) is 23.0 Å². The standard InChI is InChI=1S/C32H28FN7O3/c1-18(30-26(19-6-4-7-20(33)14-19)23(16-41)21-8-2-3-10-24(21)43-30)40-32-27(31(34)37-17-38-32)29(39-40)22-9-5-11-36-28(22)25-15-35-12-13-42-25/h2-11,14,16-18,23,25,35H,12-13,15H2,1H3,(H2,34,37,38). The maximum atomic E-state index is 14.5. The number of halogens is 1. The summed E-state index contributed by atoms with van der Waals surface area (Å²) in [5.41, 5.74) is 10.7. The topological polar surface area (TPSA) is 130 Å². The van der Waals surface area contributed by atoms with Gasteiger partial charge in [0.05, 0.1) is 23.6 Å². The van der Waals surface area contributed by atoms with Gasteiger partial charge in [0.25, 0.3) is 0 Å². The van der Waals surface area contributed by atoms with Crippen molar-refractivity contribution in [3.63, 3.8) is 0 Å². The number of hydrogen-bond acceptors (Lipinski definition) is 9. The fourth-order valence-electron chi connectivity index (χ4n) is 5.92. The predicted octanol–water partition coefficient (Wildman–Crippen LogP) is 4.62. The number of hydrogen-bond donors (Lipinski definition) is 2. The second-order valence-electron chi connectivity index (χ2n) is 10.5. The van der Waals surface area contributed by atoms with E-state index in [1.807, 2.05) is 43.3 Å². The summed E-state index contributed by atoms with van der Waals surface area (Å²) >= 11 is 0. The Balaban J connectivity index is 1.44. The number of pyridine rings is 1. The van der Waals surface area contributed by atoms with E-state index in [1.165, 1.54) is 18.5 Å². The smallest absolute Gasteiger partial charge is 0.164 e. The van der Waals surface area contributed by atoms with Gasteiger partial charge in [0.1, 0.15) is 53.6 Å². The Morgan fingerprint density at radius 1 is 1.12 bits per heavy atom. The molecule has 5 heterocycles. The number of allylic oxidation sites excluding steroid dienone is 2. The van der Waals surface area contributed by atoms with E-state index >= 15 is 0 Å². The predicted molar refractivity (Wildman–Crippen MR) is 158 cm³/mol. The van der Waals surface area contributed by atoms with Crippen molar-refractivity contribution in [1.29, 1.82) is 0 Å². The molecular weight excluding hydrogens is 549 g/mol. The van der Waals surface area contributed by atoms with Gasteiger partial charge in [0.15, 0.2) is 5.65 Å². The number of carbonyl (C=O) groups excluding carboxylic acids is 1. The zero-order valence-corrected chi connectivity index (χ0v) is 23.3. The third kappa shape index (κ3) is 4.62. The van der Waals surface area contributed by atoms with Gasteiger partial charge in [-0.05, 0) is 42.8 Å². The van der Waals surface area contributed by atoms with E-state index in [0.29, 0.717) is 58.1 Å². The van der Waals surface area contributed by atoms with Crippen molar-refractivity contribution < 1.29 is 18.7 Å². The SMILES string of the molecule is CC(C1=C(c2cccc(F)c2)C(C=O)c2ccccc2O1)n1nc(-c2cccnc2C2CNCCO2)c2c(N)ncnc21. The summed E-state index contributed by atoms with van der Waals surface area (Å²) < 4.78 is 28.8. The Morgan fingerprint density at radius 3 is 2.81 bits per heavy atom. The molecule has 2 aliphatic heterocycles. The average Bonchev–Trinajstić information content (AvgIpc) is 3.44. The average molecular weight is 578 g/mol. The molecule has 7 rings (SSSR count). The molecule has 3 unspecified atom stereocenters. The Morgan fingerprint density at radius 2 is 2.00 bits per heavy atom. The van der Waals surface area contributed by atoms with E-state index in [2.05, 4.69) is 20.3 Å². The highest BCUT2D eigenvalue weighted by atomic mass is 19.1. The number of carbonyl (C=O) groups is 1. The van der Waals surface area contributed by atoms with E-state index < -0.39 is 17.8 Å². The molecule has 43 heavy (non-hydrogen) atoms. The lowest BCUT2D eigenvalue weighted by Crippen LogP contribution is -2.34. The fourth-order valence-corrected chi connectivity index (χ4v) is 5.92. The molecule has 2 aromatic carbocycles. The third-order valence-electron chi connectivity index (χ3n) is 7.91. The number of nitrogen functional groups attached to an aromatic ring is 1. The molecule has 11 heteroatoms. The number of nitrogens with two attached hydrogens (primary N) is 1. The first-order valence-corrected chi connectivity index (χ1v) is 14.0. The molecule has 0 spiro atoms. The highest BCUT2D eigenvalue weighted by Gasteiger charge is 2.35. The van der Waals surface area contributed by atoms with E-state index in [-0.39, 0.29) is 11.9 Å². The monoisotopic (exact) mass is 577 g/mol. The van der Waals surface area contributed by atoms with Crippen molar-refractivity contribution >= 4 is 28.7 Å². The van der Waals surface area contributed by atoms with Crippen LogP contribution in [0.1, 0.15) is 41.8 Å². The Bertz CT molecular complexity index is 1880. The Hall–Kier alpha value is -5.00. The number of aldehydes is 1. The lowest BCUT2D eigenvalue weighted by molar-refractivity contribution is -0.108. The summed E-state index contributed by atoms with van der Waals surface area (Å²) in [5.74, 6) is 0.142. The first kappa shape index (κ1) is 26.9. The van der Waals surface area contributed by atoms with Crippen molar-refractivity contribution in [3.05, 3.63) is 102 Å². The molecule has 0 aliphatic carbocycles. The number of benzene rings is 2. The van der Waals surface area contributed by atoms with Gasteiger partial charge >= 0.3 is 0 Å². The third-order valence-corrected chi connectivity index (χ3v) is 7.91. The van der Waals surface area contributed by atoms with Gasteiger partial charge in [0, 0.05) is 36.0 Å². The number of nitrogens with one attached hydrogen (secondary N) is 1. The molecule has 2 aliphatic rings. The molecule has 10 nitrogen and oxygen atoms in total. The highest BCUT2D eigenvalue weighted by molar-refractivity contribution is 5.99. The van der Waals surface area contributed by atoms with E-state index in [4.69, 9.17) is 20.3 Å². The molecule has 5 aromatic rings. The van der Waals surface area contributed by atoms with Crippen LogP contribution in [0.25, 0.3) is 27.9 Å². The van der Waals surface area contributed by atoms with Gasteiger partial charge in [-0.1, -0.05) is 30.3 Å². The number of ether oxygens (including phenoxy) is 2. The maximum absolute atomic E-state index is 14.5. The van der Waals surface area contributed by atoms with Crippen LogP contribution in [0.3, 0.4) is 0 Å². The zero-order valence-electron chi connectivity index (χ0n) is 23.3. The zero-order chi connectivity index (χ0) is 29.5. The lowest BCUT2D eigenvalue weighted by Gasteiger charge is -2.31. The van der Waals surface area contributed by atoms with Crippen LogP contribution >= 0.6 is 0 Å². The van der Waals surface area contributed by atoms with Gasteiger partial charge in [-0.25, -0.2) is 19.0 Å². The van der Waals surface area contributed by atoms with Crippen LogP contribution in [0.4, 0.5) is 10.2 Å². The highest BCUT2D eigenvalue weighted by Crippen LogP contribution is 2.46. The van der Waals surface area contributed by atoms with Crippen molar-refractivity contribution in [2.45, 2.75) is 25.0 Å². The molecule has 1 saturated heterocycles. The summed E-state index contributed by atoms with van der Waals surface area (Å²) in [6, 6.07) is 16.7. The minimum absolute atomic E-state index is 0.260. The summed E-state index contributed by atoms with van der Waals surface area (Å²) in [6.07, 6.45) is 3.70. The molecule has 0 saturated carbocycles. The van der Waals surface area contributed by atoms with Crippen LogP contribution < -0.4 is 15.8 Å². The van der Waals surface area contributed by atoms with Gasteiger partial charge < -0.3 is 25.3 Å². The summed E-state index contributed by atoms with van der Waals surface area (Å²) in [5, 5.41) is 8.96. The molecule has 0 radical (unpaired) electrons. The fraction of sp³-hybridized carbons (Fsp3) is 0.219. The molecular formula is C32H28FN7O3. The largest absolute Gasteiger partial charge is 0.459 e. The second-order valence-corrected chi connectivity index (χ2v) is 10.5. The van der Waals surface area contributed by atoms with Crippen molar-refractivity contribution in [1.82, 2.24) is 30.0 Å². The molecule has 3 aromatic heterocycles. The summed E-state index contributed by atoms with van der Waals surface area (Å²) in [7, 11) is 0. The first-order chi connectivity index (χ1) is 21.0. The molecule has 3 atom stereocenters. The number of fused-ring (bicyclic) bond motifs is 2. The normalized spacial score (nSPS) is 19.1. The van der Waals surface area contributed by atoms with Crippen LogP contribution in [-0.4, -0.2) is 50.7 Å². The summed E-state index contributed by atoms with van der Waals surface area (Å²) in [6.45, 7) is 3.83. The van der Waals surface area contributed by atoms with Crippen molar-refractivity contribution in [2.24, 2.45) is 0 Å². The van der Waals surface area contributed by atoms with Gasteiger partial charge in [-0.3, -0.25) is 4.98 Å². The van der Waals surface area contributed by atoms with E-state index in [9.17, 15) is 9.18 Å². The number of aromatic nitrogens is 5. The molecule has 1 fully saturated rings. The minimum atomic E-state index is -0.689. The second kappa shape index (κ2) is 11.0. The Labute approximate surface area is 246 Å². The van der Waals surface area contributed by atoms with Crippen LogP contribution in [-0.2, 0) is 9.53 Å². The van der Waals surface area contributed by atoms with Crippen LogP contribution in [0.2, 0.25) is 0 Å². The number of anilines is 1. The van der Waals surface area contributed by atoms with Crippen molar-refractivity contribution in [3.8, 4) is 17.0 Å². The number of rotatable bonds is 6. The number of para-hydroxylation sites is 1. The molecule has 0 bridgehead atoms. The van der Waals surface area contributed by atoms with Crippen LogP contribution in [0, 0.1) is 5.82 Å². The van der Waals surface area contributed by atoms with Crippen LogP contribution in [0.15, 0.2) is 78.9 Å². The van der Waals surface area contributed by atoms with Crippen LogP contribution in [0.5, 0.6) is 5.75 Å². The number of nitrogens with zero attached hydrogens (tertiary/aromatic N) is 5. The quantitative estimate of drug-likeness (QED) is 0.278. The van der Waals surface area contributed by atoms with Gasteiger partial charge in [-0.2, -0.15) is 5.10 Å². The molecule has 216 valence electrons. The van der Waals surface area contributed by atoms with Gasteiger partial charge in [-0.15, -0.1) is 0 Å². The first-order valence-electron chi connectivity index (χ1n) is 14.0. The lowest BCUT2D eigenvalue weighted by atomic mass is 9.83. The molecule has 0 amide bonds. The summed E-state index contributed by atoms with van der Waals surface area (Å²) in [4.78, 5) is 26.2. The van der Waals surface area contributed by atoms with Crippen molar-refractivity contribution in [2.75, 3.05) is 25.4 Å². The van der Waals surface area contributed by atoms with E-state index in [0.717, 1.165) is 24.1 Å². The minimum Gasteiger partial charge on any atom is -0.459 e. The number of morpholine rings is 1. The molecule has 3 N–H and O–H groups in total. The maximum Gasteiger partial charge on any atom is 0.164 e. The van der Waals surface area contributed by atoms with Gasteiger partial charge in [0.2, 0.25) is 0 Å².